The zero-order valence-corrected chi connectivity index (χ0v) is 8.30. The first-order valence-corrected chi connectivity index (χ1v) is 4.27. The summed E-state index contributed by atoms with van der Waals surface area (Å²) >= 11 is 3.20. The summed E-state index contributed by atoms with van der Waals surface area (Å²) in [6, 6.07) is 3.56. The van der Waals surface area contributed by atoms with Gasteiger partial charge in [-0.15, -0.1) is 0 Å². The predicted octanol–water partition coefficient (Wildman–Crippen LogP) is 1.19. The molecule has 0 aliphatic heterocycles. The standard InChI is InChI=1S/C7H11BrN2O2/c1-11-4-5(10-9)6-2-3-7(8)12-6/h2-3,5,10H,4,9H2,1H3. The molecule has 0 aromatic carbocycles. The fourth-order valence-electron chi connectivity index (χ4n) is 0.895. The fraction of sp³-hybridized carbons (Fsp3) is 0.429. The highest BCUT2D eigenvalue weighted by atomic mass is 79.9. The van der Waals surface area contributed by atoms with Crippen molar-refractivity contribution in [3.8, 4) is 0 Å². The van der Waals surface area contributed by atoms with Crippen LogP contribution in [0.3, 0.4) is 0 Å². The summed E-state index contributed by atoms with van der Waals surface area (Å²) in [4.78, 5) is 0. The van der Waals surface area contributed by atoms with Crippen LogP contribution in [0.25, 0.3) is 0 Å². The Morgan fingerprint density at radius 3 is 2.92 bits per heavy atom. The number of nitrogens with two attached hydrogens (primary N) is 1. The molecule has 1 heterocycles. The second-order valence-corrected chi connectivity index (χ2v) is 3.10. The van der Waals surface area contributed by atoms with E-state index in [0.29, 0.717) is 11.3 Å². The van der Waals surface area contributed by atoms with Crippen molar-refractivity contribution in [2.45, 2.75) is 6.04 Å². The molecule has 12 heavy (non-hydrogen) atoms. The first-order chi connectivity index (χ1) is 5.77. The van der Waals surface area contributed by atoms with Crippen LogP contribution in [0.15, 0.2) is 21.2 Å². The minimum absolute atomic E-state index is 0.0960. The number of hydrogen-bond acceptors (Lipinski definition) is 4. The van der Waals surface area contributed by atoms with Gasteiger partial charge in [0.25, 0.3) is 0 Å². The summed E-state index contributed by atoms with van der Waals surface area (Å²) in [5.74, 6) is 6.05. The molecule has 1 aromatic rings. The molecule has 0 saturated heterocycles. The molecule has 4 nitrogen and oxygen atoms in total. The Morgan fingerprint density at radius 1 is 1.75 bits per heavy atom. The zero-order valence-electron chi connectivity index (χ0n) is 6.71. The van der Waals surface area contributed by atoms with Gasteiger partial charge in [-0.2, -0.15) is 0 Å². The van der Waals surface area contributed by atoms with Crippen molar-refractivity contribution in [3.05, 3.63) is 22.6 Å². The lowest BCUT2D eigenvalue weighted by atomic mass is 10.2. The average Bonchev–Trinajstić information content (AvgIpc) is 2.47. The van der Waals surface area contributed by atoms with Gasteiger partial charge in [0.2, 0.25) is 0 Å². The van der Waals surface area contributed by atoms with E-state index in [1.165, 1.54) is 0 Å². The van der Waals surface area contributed by atoms with Crippen molar-refractivity contribution in [2.75, 3.05) is 13.7 Å². The molecule has 68 valence electrons. The fourth-order valence-corrected chi connectivity index (χ4v) is 1.21. The van der Waals surface area contributed by atoms with Crippen molar-refractivity contribution >= 4 is 15.9 Å². The lowest BCUT2D eigenvalue weighted by Gasteiger charge is -2.10. The van der Waals surface area contributed by atoms with Crippen LogP contribution in [-0.4, -0.2) is 13.7 Å². The molecule has 0 fully saturated rings. The number of methoxy groups -OCH3 is 1. The second kappa shape index (κ2) is 4.61. The summed E-state index contributed by atoms with van der Waals surface area (Å²) in [5, 5.41) is 0. The van der Waals surface area contributed by atoms with E-state index < -0.39 is 0 Å². The summed E-state index contributed by atoms with van der Waals surface area (Å²) in [6.07, 6.45) is 0. The minimum Gasteiger partial charge on any atom is -0.453 e. The van der Waals surface area contributed by atoms with Gasteiger partial charge in [0.1, 0.15) is 11.8 Å². The van der Waals surface area contributed by atoms with Gasteiger partial charge in [-0.05, 0) is 28.1 Å². The third kappa shape index (κ3) is 2.31. The maximum absolute atomic E-state index is 5.29. The molecule has 1 unspecified atom stereocenters. The second-order valence-electron chi connectivity index (χ2n) is 2.32. The molecule has 1 aromatic heterocycles. The molecule has 3 N–H and O–H groups in total. The Hall–Kier alpha value is -0.360. The van der Waals surface area contributed by atoms with Crippen LogP contribution < -0.4 is 11.3 Å². The summed E-state index contributed by atoms with van der Waals surface area (Å²) in [7, 11) is 1.61. The quantitative estimate of drug-likeness (QED) is 0.608. The van der Waals surface area contributed by atoms with Crippen LogP contribution in [0.5, 0.6) is 0 Å². The number of halogens is 1. The van der Waals surface area contributed by atoms with E-state index in [1.54, 1.807) is 7.11 Å². The van der Waals surface area contributed by atoms with Gasteiger partial charge in [-0.1, -0.05) is 0 Å². The largest absolute Gasteiger partial charge is 0.453 e. The highest BCUT2D eigenvalue weighted by Crippen LogP contribution is 2.19. The Bertz CT molecular complexity index is 239. The number of hydrazine groups is 1. The Kier molecular flexibility index (Phi) is 3.74. The Labute approximate surface area is 79.2 Å². The Balaban J connectivity index is 2.66. The molecule has 0 amide bonds. The Morgan fingerprint density at radius 2 is 2.50 bits per heavy atom. The van der Waals surface area contributed by atoms with E-state index in [0.717, 1.165) is 5.76 Å². The van der Waals surface area contributed by atoms with Gasteiger partial charge >= 0.3 is 0 Å². The molecular formula is C7H11BrN2O2. The minimum atomic E-state index is -0.0960. The lowest BCUT2D eigenvalue weighted by molar-refractivity contribution is 0.157. The first kappa shape index (κ1) is 9.73. The highest BCUT2D eigenvalue weighted by Gasteiger charge is 2.12. The molecule has 0 radical (unpaired) electrons. The van der Waals surface area contributed by atoms with Crippen molar-refractivity contribution < 1.29 is 9.15 Å². The molecule has 0 bridgehead atoms. The molecule has 0 aliphatic rings. The van der Waals surface area contributed by atoms with E-state index in [-0.39, 0.29) is 6.04 Å². The van der Waals surface area contributed by atoms with Gasteiger partial charge < -0.3 is 9.15 Å². The van der Waals surface area contributed by atoms with Gasteiger partial charge in [0.05, 0.1) is 6.61 Å². The number of furan rings is 1. The van der Waals surface area contributed by atoms with Crippen LogP contribution in [0.2, 0.25) is 0 Å². The summed E-state index contributed by atoms with van der Waals surface area (Å²) in [5.41, 5.74) is 2.59. The van der Waals surface area contributed by atoms with Crippen molar-refractivity contribution in [2.24, 2.45) is 5.84 Å². The lowest BCUT2D eigenvalue weighted by Crippen LogP contribution is -2.30. The van der Waals surface area contributed by atoms with E-state index in [2.05, 4.69) is 21.4 Å². The van der Waals surface area contributed by atoms with Gasteiger partial charge in [0, 0.05) is 7.11 Å². The maximum Gasteiger partial charge on any atom is 0.169 e. The molecule has 0 spiro atoms. The van der Waals surface area contributed by atoms with Crippen LogP contribution in [0.1, 0.15) is 11.8 Å². The molecule has 1 rings (SSSR count). The van der Waals surface area contributed by atoms with E-state index in [9.17, 15) is 0 Å². The predicted molar refractivity (Wildman–Crippen MR) is 48.3 cm³/mol. The smallest absolute Gasteiger partial charge is 0.169 e. The van der Waals surface area contributed by atoms with Crippen LogP contribution >= 0.6 is 15.9 Å². The summed E-state index contributed by atoms with van der Waals surface area (Å²) in [6.45, 7) is 0.483. The zero-order chi connectivity index (χ0) is 8.97. The molecule has 1 atom stereocenters. The van der Waals surface area contributed by atoms with Crippen LogP contribution in [0, 0.1) is 0 Å². The topological polar surface area (TPSA) is 60.4 Å². The molecular weight excluding hydrogens is 224 g/mol. The maximum atomic E-state index is 5.29. The normalized spacial score (nSPS) is 13.2. The third-order valence-electron chi connectivity index (χ3n) is 1.47. The van der Waals surface area contributed by atoms with E-state index in [1.807, 2.05) is 12.1 Å². The van der Waals surface area contributed by atoms with Crippen LogP contribution in [0.4, 0.5) is 0 Å². The third-order valence-corrected chi connectivity index (χ3v) is 1.90. The molecule has 5 heteroatoms. The van der Waals surface area contributed by atoms with Gasteiger partial charge in [0.15, 0.2) is 4.67 Å². The molecule has 0 aliphatic carbocycles. The number of rotatable bonds is 4. The SMILES string of the molecule is COCC(NN)c1ccc(Br)o1. The first-order valence-electron chi connectivity index (χ1n) is 3.48. The van der Waals surface area contributed by atoms with Gasteiger partial charge in [-0.3, -0.25) is 5.84 Å². The van der Waals surface area contributed by atoms with Gasteiger partial charge in [-0.25, -0.2) is 5.43 Å². The van der Waals surface area contributed by atoms with Crippen molar-refractivity contribution in [1.29, 1.82) is 0 Å². The number of hydrogen-bond donors (Lipinski definition) is 2. The number of ether oxygens (including phenoxy) is 1. The monoisotopic (exact) mass is 234 g/mol. The summed E-state index contributed by atoms with van der Waals surface area (Å²) < 4.78 is 10.9. The van der Waals surface area contributed by atoms with Crippen LogP contribution in [-0.2, 0) is 4.74 Å². The van der Waals surface area contributed by atoms with E-state index in [4.69, 9.17) is 15.0 Å². The average molecular weight is 235 g/mol. The van der Waals surface area contributed by atoms with Crippen molar-refractivity contribution in [1.82, 2.24) is 5.43 Å². The van der Waals surface area contributed by atoms with E-state index >= 15 is 0 Å². The molecule has 0 saturated carbocycles. The van der Waals surface area contributed by atoms with Crippen molar-refractivity contribution in [3.63, 3.8) is 0 Å². The number of nitrogens with one attached hydrogen (secondary N) is 1. The highest BCUT2D eigenvalue weighted by molar-refractivity contribution is 9.10.